The van der Waals surface area contributed by atoms with Crippen LogP contribution in [0.3, 0.4) is 0 Å². The molecular formula is C29H54ClN3. The lowest BCUT2D eigenvalue weighted by Gasteiger charge is -2.49. The van der Waals surface area contributed by atoms with Gasteiger partial charge in [-0.05, 0) is 119 Å². The fourth-order valence-electron chi connectivity index (χ4n) is 7.50. The van der Waals surface area contributed by atoms with E-state index in [9.17, 15) is 0 Å². The van der Waals surface area contributed by atoms with Gasteiger partial charge in [-0.3, -0.25) is 0 Å². The predicted molar refractivity (Wildman–Crippen MR) is 143 cm³/mol. The predicted octanol–water partition coefficient (Wildman–Crippen LogP) is 6.30. The fourth-order valence-corrected chi connectivity index (χ4v) is 7.75. The van der Waals surface area contributed by atoms with Crippen LogP contribution >= 0.6 is 11.6 Å². The summed E-state index contributed by atoms with van der Waals surface area (Å²) in [6.45, 7) is 16.2. The molecule has 0 aromatic rings. The van der Waals surface area contributed by atoms with E-state index in [1.54, 1.807) is 0 Å². The number of halogens is 1. The number of alkyl halides is 1. The SMILES string of the molecule is CC(C)[C@H](CN1CCC(C2CCC(Cl)CC2)C(C)(C)C1)NCC1CCCC(CNC2CC2)C1. The van der Waals surface area contributed by atoms with Crippen LogP contribution in [0.4, 0.5) is 0 Å². The quantitative estimate of drug-likeness (QED) is 0.360. The first-order chi connectivity index (χ1) is 15.8. The van der Waals surface area contributed by atoms with Crippen LogP contribution in [0, 0.1) is 35.0 Å². The highest BCUT2D eigenvalue weighted by Gasteiger charge is 2.41. The molecule has 4 aliphatic rings. The molecule has 3 unspecified atom stereocenters. The molecule has 3 aliphatic carbocycles. The van der Waals surface area contributed by atoms with Gasteiger partial charge >= 0.3 is 0 Å². The lowest BCUT2D eigenvalue weighted by atomic mass is 9.64. The second-order valence-corrected chi connectivity index (χ2v) is 14.1. The van der Waals surface area contributed by atoms with E-state index >= 15 is 0 Å². The topological polar surface area (TPSA) is 27.3 Å². The van der Waals surface area contributed by atoms with Gasteiger partial charge in [0.05, 0.1) is 0 Å². The first kappa shape index (κ1) is 26.2. The third-order valence-corrected chi connectivity index (χ3v) is 10.2. The van der Waals surface area contributed by atoms with Gasteiger partial charge in [-0.2, -0.15) is 0 Å². The molecule has 2 N–H and O–H groups in total. The summed E-state index contributed by atoms with van der Waals surface area (Å²) in [7, 11) is 0. The van der Waals surface area contributed by atoms with E-state index in [1.807, 2.05) is 0 Å². The maximum absolute atomic E-state index is 6.41. The molecule has 0 aromatic heterocycles. The van der Waals surface area contributed by atoms with Gasteiger partial charge in [-0.15, -0.1) is 11.6 Å². The Morgan fingerprint density at radius 2 is 1.61 bits per heavy atom. The van der Waals surface area contributed by atoms with E-state index in [0.29, 0.717) is 22.8 Å². The van der Waals surface area contributed by atoms with Gasteiger partial charge in [0.2, 0.25) is 0 Å². The largest absolute Gasteiger partial charge is 0.314 e. The van der Waals surface area contributed by atoms with E-state index in [4.69, 9.17) is 11.6 Å². The number of nitrogens with zero attached hydrogens (tertiary/aromatic N) is 1. The first-order valence-corrected chi connectivity index (χ1v) is 15.1. The average molecular weight is 480 g/mol. The Morgan fingerprint density at radius 1 is 0.909 bits per heavy atom. The van der Waals surface area contributed by atoms with E-state index < -0.39 is 0 Å². The first-order valence-electron chi connectivity index (χ1n) is 14.6. The Kier molecular flexibility index (Phi) is 9.49. The molecule has 192 valence electrons. The second-order valence-electron chi connectivity index (χ2n) is 13.5. The van der Waals surface area contributed by atoms with Crippen LogP contribution in [-0.2, 0) is 0 Å². The summed E-state index contributed by atoms with van der Waals surface area (Å²) in [5, 5.41) is 8.29. The minimum Gasteiger partial charge on any atom is -0.314 e. The molecule has 0 spiro atoms. The zero-order valence-electron chi connectivity index (χ0n) is 22.3. The number of hydrogen-bond donors (Lipinski definition) is 2. The molecule has 0 amide bonds. The van der Waals surface area contributed by atoms with Crippen molar-refractivity contribution in [2.24, 2.45) is 35.0 Å². The molecule has 0 bridgehead atoms. The monoisotopic (exact) mass is 479 g/mol. The maximum atomic E-state index is 6.41. The molecule has 1 aliphatic heterocycles. The summed E-state index contributed by atoms with van der Waals surface area (Å²) in [5.41, 5.74) is 0.425. The van der Waals surface area contributed by atoms with Crippen LogP contribution in [-0.4, -0.2) is 55.1 Å². The number of likely N-dealkylation sites (tertiary alicyclic amines) is 1. The Bertz CT molecular complexity index is 581. The molecule has 3 saturated carbocycles. The number of piperidine rings is 1. The van der Waals surface area contributed by atoms with Gasteiger partial charge in [0, 0.05) is 30.6 Å². The van der Waals surface area contributed by atoms with Crippen molar-refractivity contribution >= 4 is 11.6 Å². The Balaban J connectivity index is 1.22. The van der Waals surface area contributed by atoms with E-state index in [2.05, 4.69) is 43.2 Å². The molecule has 1 saturated heterocycles. The fraction of sp³-hybridized carbons (Fsp3) is 1.00. The lowest BCUT2D eigenvalue weighted by Crippen LogP contribution is -2.53. The van der Waals surface area contributed by atoms with Crippen LogP contribution in [0.1, 0.15) is 98.3 Å². The molecule has 0 aromatic carbocycles. The lowest BCUT2D eigenvalue weighted by molar-refractivity contribution is 0.00453. The van der Waals surface area contributed by atoms with Crippen LogP contribution in [0.2, 0.25) is 0 Å². The summed E-state index contributed by atoms with van der Waals surface area (Å²) in [6, 6.07) is 1.48. The van der Waals surface area contributed by atoms with Crippen molar-refractivity contribution in [3.05, 3.63) is 0 Å². The summed E-state index contributed by atoms with van der Waals surface area (Å²) in [5.74, 6) is 4.28. The standard InChI is InChI=1S/C29H54ClN3/c1-21(2)28(32-18-23-7-5-6-22(16-23)17-31-26-12-13-26)19-33-15-14-27(29(3,4)20-33)24-8-10-25(30)11-9-24/h21-28,31-32H,5-20H2,1-4H3/t22?,23?,24?,25?,27?,28-/m0/s1. The maximum Gasteiger partial charge on any atom is 0.0336 e. The Labute approximate surface area is 210 Å². The van der Waals surface area contributed by atoms with Crippen molar-refractivity contribution < 1.29 is 0 Å². The number of rotatable bonds is 10. The normalized spacial score (nSPS) is 36.7. The van der Waals surface area contributed by atoms with Gasteiger partial charge in [0.1, 0.15) is 0 Å². The molecule has 33 heavy (non-hydrogen) atoms. The van der Waals surface area contributed by atoms with Gasteiger partial charge in [-0.1, -0.05) is 34.1 Å². The average Bonchev–Trinajstić information content (AvgIpc) is 3.60. The highest BCUT2D eigenvalue weighted by atomic mass is 35.5. The molecular weight excluding hydrogens is 426 g/mol. The zero-order chi connectivity index (χ0) is 23.4. The van der Waals surface area contributed by atoms with E-state index in [1.165, 1.54) is 103 Å². The van der Waals surface area contributed by atoms with Crippen LogP contribution < -0.4 is 10.6 Å². The smallest absolute Gasteiger partial charge is 0.0336 e. The van der Waals surface area contributed by atoms with Gasteiger partial charge < -0.3 is 15.5 Å². The number of nitrogens with one attached hydrogen (secondary N) is 2. The summed E-state index contributed by atoms with van der Waals surface area (Å²) in [4.78, 5) is 2.80. The minimum atomic E-state index is 0.425. The second kappa shape index (κ2) is 11.9. The van der Waals surface area contributed by atoms with Crippen molar-refractivity contribution in [3.63, 3.8) is 0 Å². The van der Waals surface area contributed by atoms with Crippen LogP contribution in [0.15, 0.2) is 0 Å². The number of hydrogen-bond acceptors (Lipinski definition) is 3. The summed E-state index contributed by atoms with van der Waals surface area (Å²) in [6.07, 6.45) is 15.1. The molecule has 0 radical (unpaired) electrons. The Hall–Kier alpha value is 0.170. The van der Waals surface area contributed by atoms with Crippen molar-refractivity contribution in [1.29, 1.82) is 0 Å². The molecule has 4 heteroatoms. The molecule has 1 heterocycles. The van der Waals surface area contributed by atoms with E-state index in [-0.39, 0.29) is 0 Å². The van der Waals surface area contributed by atoms with Crippen molar-refractivity contribution in [3.8, 4) is 0 Å². The third kappa shape index (κ3) is 7.83. The molecule has 4 atom stereocenters. The van der Waals surface area contributed by atoms with Gasteiger partial charge in [0.25, 0.3) is 0 Å². The zero-order valence-corrected chi connectivity index (χ0v) is 23.0. The molecule has 4 fully saturated rings. The highest BCUT2D eigenvalue weighted by Crippen LogP contribution is 2.45. The minimum absolute atomic E-state index is 0.425. The van der Waals surface area contributed by atoms with Gasteiger partial charge in [0.15, 0.2) is 0 Å². The third-order valence-electron chi connectivity index (χ3n) is 9.75. The molecule has 3 nitrogen and oxygen atoms in total. The van der Waals surface area contributed by atoms with E-state index in [0.717, 1.165) is 29.7 Å². The summed E-state index contributed by atoms with van der Waals surface area (Å²) < 4.78 is 0. The Morgan fingerprint density at radius 3 is 2.24 bits per heavy atom. The van der Waals surface area contributed by atoms with Crippen molar-refractivity contribution in [2.75, 3.05) is 32.7 Å². The van der Waals surface area contributed by atoms with Crippen molar-refractivity contribution in [2.45, 2.75) is 116 Å². The van der Waals surface area contributed by atoms with Crippen molar-refractivity contribution in [1.82, 2.24) is 15.5 Å². The van der Waals surface area contributed by atoms with Crippen LogP contribution in [0.25, 0.3) is 0 Å². The van der Waals surface area contributed by atoms with Gasteiger partial charge in [-0.25, -0.2) is 0 Å². The summed E-state index contributed by atoms with van der Waals surface area (Å²) >= 11 is 6.41. The molecule has 4 rings (SSSR count). The highest BCUT2D eigenvalue weighted by molar-refractivity contribution is 6.20. The van der Waals surface area contributed by atoms with Crippen LogP contribution in [0.5, 0.6) is 0 Å².